The predicted octanol–water partition coefficient (Wildman–Crippen LogP) is 2.73. The van der Waals surface area contributed by atoms with Gasteiger partial charge in [0, 0.05) is 27.8 Å². The summed E-state index contributed by atoms with van der Waals surface area (Å²) < 4.78 is 1.18. The molecule has 1 aliphatic rings. The molecule has 2 nitrogen and oxygen atoms in total. The Morgan fingerprint density at radius 2 is 2.33 bits per heavy atom. The first-order valence-electron chi connectivity index (χ1n) is 5.38. The van der Waals surface area contributed by atoms with Gasteiger partial charge >= 0.3 is 0 Å². The maximum absolute atomic E-state index is 5.81. The first kappa shape index (κ1) is 11.6. The summed E-state index contributed by atoms with van der Waals surface area (Å²) in [6.07, 6.45) is 3.94. The van der Waals surface area contributed by atoms with Crippen LogP contribution in [0.5, 0.6) is 0 Å². The van der Waals surface area contributed by atoms with E-state index < -0.39 is 0 Å². The average Bonchev–Trinajstić information content (AvgIpc) is 2.56. The summed E-state index contributed by atoms with van der Waals surface area (Å²) in [6, 6.07) is 2.17. The number of thiophene rings is 1. The fraction of sp³-hybridized carbons (Fsp3) is 0.636. The molecule has 0 bridgehead atoms. The maximum atomic E-state index is 5.81. The Balaban J connectivity index is 1.74. The lowest BCUT2D eigenvalue weighted by atomic mass is 9.69. The van der Waals surface area contributed by atoms with Crippen molar-refractivity contribution in [1.29, 1.82) is 0 Å². The number of halogens is 1. The zero-order valence-electron chi connectivity index (χ0n) is 8.76. The molecule has 0 spiro atoms. The summed E-state index contributed by atoms with van der Waals surface area (Å²) >= 11 is 5.26. The van der Waals surface area contributed by atoms with Crippen LogP contribution in [0.4, 0.5) is 0 Å². The van der Waals surface area contributed by atoms with E-state index in [1.807, 2.05) is 0 Å². The van der Waals surface area contributed by atoms with E-state index in [1.54, 1.807) is 11.3 Å². The predicted molar refractivity (Wildman–Crippen MR) is 69.1 cm³/mol. The second kappa shape index (κ2) is 4.95. The molecule has 1 fully saturated rings. The Morgan fingerprint density at radius 3 is 2.80 bits per heavy atom. The number of nitrogens with one attached hydrogen (secondary N) is 1. The molecule has 1 aliphatic carbocycles. The van der Waals surface area contributed by atoms with E-state index in [0.29, 0.717) is 5.41 Å². The van der Waals surface area contributed by atoms with Gasteiger partial charge in [-0.05, 0) is 46.8 Å². The number of nitrogens with two attached hydrogens (primary N) is 1. The van der Waals surface area contributed by atoms with E-state index in [4.69, 9.17) is 5.73 Å². The lowest BCUT2D eigenvalue weighted by Crippen LogP contribution is -2.45. The molecule has 2 rings (SSSR count). The van der Waals surface area contributed by atoms with Crippen LogP contribution >= 0.6 is 27.3 Å². The van der Waals surface area contributed by atoms with E-state index in [2.05, 4.69) is 32.7 Å². The van der Waals surface area contributed by atoms with Crippen molar-refractivity contribution in [3.63, 3.8) is 0 Å². The lowest BCUT2D eigenvalue weighted by molar-refractivity contribution is 0.141. The van der Waals surface area contributed by atoms with Gasteiger partial charge in [0.05, 0.1) is 0 Å². The molecule has 0 unspecified atom stereocenters. The second-order valence-corrected chi connectivity index (χ2v) is 6.30. The van der Waals surface area contributed by atoms with Crippen molar-refractivity contribution in [2.75, 3.05) is 13.1 Å². The molecule has 0 radical (unpaired) electrons. The smallest absolute Gasteiger partial charge is 0.0300 e. The van der Waals surface area contributed by atoms with Crippen molar-refractivity contribution in [2.45, 2.75) is 25.8 Å². The van der Waals surface area contributed by atoms with Gasteiger partial charge in [0.2, 0.25) is 0 Å². The first-order chi connectivity index (χ1) is 7.24. The van der Waals surface area contributed by atoms with Gasteiger partial charge in [-0.3, -0.25) is 0 Å². The van der Waals surface area contributed by atoms with Crippen molar-refractivity contribution in [2.24, 2.45) is 11.1 Å². The highest BCUT2D eigenvalue weighted by atomic mass is 79.9. The van der Waals surface area contributed by atoms with Gasteiger partial charge in [0.1, 0.15) is 0 Å². The van der Waals surface area contributed by atoms with Crippen LogP contribution in [0.3, 0.4) is 0 Å². The van der Waals surface area contributed by atoms with E-state index >= 15 is 0 Å². The highest BCUT2D eigenvalue weighted by Crippen LogP contribution is 2.39. The molecule has 0 saturated heterocycles. The molecular formula is C11H17BrN2S. The van der Waals surface area contributed by atoms with E-state index in [-0.39, 0.29) is 0 Å². The van der Waals surface area contributed by atoms with Gasteiger partial charge in [-0.1, -0.05) is 6.42 Å². The summed E-state index contributed by atoms with van der Waals surface area (Å²) in [5.74, 6) is 0. The minimum Gasteiger partial charge on any atom is -0.330 e. The summed E-state index contributed by atoms with van der Waals surface area (Å²) in [5.41, 5.74) is 6.22. The Kier molecular flexibility index (Phi) is 3.83. The van der Waals surface area contributed by atoms with Gasteiger partial charge < -0.3 is 11.1 Å². The van der Waals surface area contributed by atoms with Gasteiger partial charge in [0.25, 0.3) is 0 Å². The number of hydrogen-bond donors (Lipinski definition) is 2. The topological polar surface area (TPSA) is 38.0 Å². The van der Waals surface area contributed by atoms with Gasteiger partial charge in [0.15, 0.2) is 0 Å². The minimum atomic E-state index is 0.411. The largest absolute Gasteiger partial charge is 0.330 e. The van der Waals surface area contributed by atoms with Crippen LogP contribution in [-0.2, 0) is 6.54 Å². The molecule has 1 aromatic heterocycles. The van der Waals surface area contributed by atoms with E-state index in [1.165, 1.54) is 28.6 Å². The SMILES string of the molecule is NCC1(CNCc2cc(Br)cs2)CCC1. The fourth-order valence-electron chi connectivity index (χ4n) is 2.03. The molecule has 1 saturated carbocycles. The fourth-order valence-corrected chi connectivity index (χ4v) is 3.45. The lowest BCUT2D eigenvalue weighted by Gasteiger charge is -2.41. The third kappa shape index (κ3) is 2.81. The minimum absolute atomic E-state index is 0.411. The first-order valence-corrected chi connectivity index (χ1v) is 7.05. The van der Waals surface area contributed by atoms with Gasteiger partial charge in [-0.2, -0.15) is 0 Å². The molecule has 3 N–H and O–H groups in total. The zero-order valence-corrected chi connectivity index (χ0v) is 11.2. The van der Waals surface area contributed by atoms with Crippen molar-refractivity contribution < 1.29 is 0 Å². The summed E-state index contributed by atoms with van der Waals surface area (Å²) in [7, 11) is 0. The Bertz CT molecular complexity index is 315. The normalized spacial score (nSPS) is 18.8. The van der Waals surface area contributed by atoms with Crippen LogP contribution in [0.15, 0.2) is 15.9 Å². The Labute approximate surface area is 103 Å². The molecule has 15 heavy (non-hydrogen) atoms. The van der Waals surface area contributed by atoms with Gasteiger partial charge in [-0.15, -0.1) is 11.3 Å². The zero-order chi connectivity index (χ0) is 10.7. The van der Waals surface area contributed by atoms with Crippen LogP contribution in [-0.4, -0.2) is 13.1 Å². The van der Waals surface area contributed by atoms with Crippen molar-refractivity contribution >= 4 is 27.3 Å². The highest BCUT2D eigenvalue weighted by Gasteiger charge is 2.34. The highest BCUT2D eigenvalue weighted by molar-refractivity contribution is 9.10. The van der Waals surface area contributed by atoms with E-state index in [0.717, 1.165) is 19.6 Å². The van der Waals surface area contributed by atoms with Crippen molar-refractivity contribution in [3.8, 4) is 0 Å². The Morgan fingerprint density at radius 1 is 1.53 bits per heavy atom. The molecular weight excluding hydrogens is 272 g/mol. The Hall–Kier alpha value is 0.1000. The van der Waals surface area contributed by atoms with Crippen LogP contribution in [0.2, 0.25) is 0 Å². The van der Waals surface area contributed by atoms with Crippen LogP contribution < -0.4 is 11.1 Å². The molecule has 1 aromatic rings. The third-order valence-electron chi connectivity index (χ3n) is 3.27. The number of rotatable bonds is 5. The van der Waals surface area contributed by atoms with Crippen LogP contribution in [0.1, 0.15) is 24.1 Å². The van der Waals surface area contributed by atoms with Crippen LogP contribution in [0, 0.1) is 5.41 Å². The van der Waals surface area contributed by atoms with E-state index in [9.17, 15) is 0 Å². The molecule has 4 heteroatoms. The molecule has 0 atom stereocenters. The summed E-state index contributed by atoms with van der Waals surface area (Å²) in [5, 5.41) is 5.64. The maximum Gasteiger partial charge on any atom is 0.0300 e. The average molecular weight is 289 g/mol. The molecule has 84 valence electrons. The van der Waals surface area contributed by atoms with Crippen LogP contribution in [0.25, 0.3) is 0 Å². The monoisotopic (exact) mass is 288 g/mol. The van der Waals surface area contributed by atoms with Crippen molar-refractivity contribution in [1.82, 2.24) is 5.32 Å². The standard InChI is InChI=1S/C11H17BrN2S/c12-9-4-10(15-6-9)5-14-8-11(7-13)2-1-3-11/h4,6,14H,1-3,5,7-8,13H2. The molecule has 0 aromatic carbocycles. The molecule has 0 amide bonds. The van der Waals surface area contributed by atoms with Gasteiger partial charge in [-0.25, -0.2) is 0 Å². The molecule has 0 aliphatic heterocycles. The summed E-state index contributed by atoms with van der Waals surface area (Å²) in [4.78, 5) is 1.38. The van der Waals surface area contributed by atoms with Crippen molar-refractivity contribution in [3.05, 3.63) is 20.8 Å². The summed E-state index contributed by atoms with van der Waals surface area (Å²) in [6.45, 7) is 2.87. The quantitative estimate of drug-likeness (QED) is 0.874. The third-order valence-corrected chi connectivity index (χ3v) is 4.97. The molecule has 1 heterocycles. The second-order valence-electron chi connectivity index (χ2n) is 4.39. The number of hydrogen-bond acceptors (Lipinski definition) is 3.